The quantitative estimate of drug-likeness (QED) is 0.613. The van der Waals surface area contributed by atoms with Crippen molar-refractivity contribution >= 4 is 11.9 Å². The Morgan fingerprint density at radius 2 is 1.94 bits per heavy atom. The van der Waals surface area contributed by atoms with E-state index in [4.69, 9.17) is 0 Å². The maximum absolute atomic E-state index is 11.0. The summed E-state index contributed by atoms with van der Waals surface area (Å²) in [6, 6.07) is 0. The predicted molar refractivity (Wildman–Crippen MR) is 62.0 cm³/mol. The lowest BCUT2D eigenvalue weighted by atomic mass is 10.2. The number of esters is 1. The lowest BCUT2D eigenvalue weighted by Crippen LogP contribution is -2.28. The SMILES string of the molecule is CCN(CCCC(=O)NC)CCC(=O)OC. The number of carbonyl (C=O) groups is 2. The predicted octanol–water partition coefficient (Wildman–Crippen LogP) is 0.398. The average molecular weight is 230 g/mol. The normalized spacial score (nSPS) is 10.2. The minimum Gasteiger partial charge on any atom is -0.469 e. The highest BCUT2D eigenvalue weighted by molar-refractivity contribution is 5.75. The summed E-state index contributed by atoms with van der Waals surface area (Å²) in [7, 11) is 3.03. The molecular formula is C11H22N2O3. The molecule has 0 rings (SSSR count). The summed E-state index contributed by atoms with van der Waals surface area (Å²) in [5.41, 5.74) is 0. The van der Waals surface area contributed by atoms with E-state index >= 15 is 0 Å². The third-order valence-corrected chi connectivity index (χ3v) is 2.46. The fourth-order valence-corrected chi connectivity index (χ4v) is 1.37. The Labute approximate surface area is 97.1 Å². The number of methoxy groups -OCH3 is 1. The fraction of sp³-hybridized carbons (Fsp3) is 0.818. The molecule has 0 radical (unpaired) electrons. The van der Waals surface area contributed by atoms with E-state index in [-0.39, 0.29) is 11.9 Å². The van der Waals surface area contributed by atoms with Crippen molar-refractivity contribution in [3.05, 3.63) is 0 Å². The first-order valence-electron chi connectivity index (χ1n) is 5.63. The number of nitrogens with zero attached hydrogens (tertiary/aromatic N) is 1. The van der Waals surface area contributed by atoms with Crippen LogP contribution in [0.3, 0.4) is 0 Å². The average Bonchev–Trinajstić information content (AvgIpc) is 2.32. The third-order valence-electron chi connectivity index (χ3n) is 2.46. The molecule has 0 aliphatic carbocycles. The lowest BCUT2D eigenvalue weighted by molar-refractivity contribution is -0.141. The first kappa shape index (κ1) is 14.9. The molecule has 1 amide bonds. The fourth-order valence-electron chi connectivity index (χ4n) is 1.37. The van der Waals surface area contributed by atoms with Crippen molar-refractivity contribution in [2.75, 3.05) is 33.8 Å². The van der Waals surface area contributed by atoms with Gasteiger partial charge in [0, 0.05) is 20.0 Å². The molecule has 0 aromatic rings. The number of ether oxygens (including phenoxy) is 1. The zero-order chi connectivity index (χ0) is 12.4. The number of carbonyl (C=O) groups excluding carboxylic acids is 2. The zero-order valence-corrected chi connectivity index (χ0v) is 10.4. The Bertz CT molecular complexity index is 219. The molecule has 16 heavy (non-hydrogen) atoms. The van der Waals surface area contributed by atoms with Gasteiger partial charge in [0.1, 0.15) is 0 Å². The van der Waals surface area contributed by atoms with E-state index in [0.29, 0.717) is 19.4 Å². The van der Waals surface area contributed by atoms with Crippen LogP contribution in [0.15, 0.2) is 0 Å². The Hall–Kier alpha value is -1.10. The Morgan fingerprint density at radius 1 is 1.25 bits per heavy atom. The number of hydrogen-bond acceptors (Lipinski definition) is 4. The highest BCUT2D eigenvalue weighted by Crippen LogP contribution is 1.98. The van der Waals surface area contributed by atoms with Gasteiger partial charge in [-0.15, -0.1) is 0 Å². The van der Waals surface area contributed by atoms with Gasteiger partial charge in [-0.25, -0.2) is 0 Å². The van der Waals surface area contributed by atoms with Crippen molar-refractivity contribution in [3.8, 4) is 0 Å². The van der Waals surface area contributed by atoms with Crippen LogP contribution in [0, 0.1) is 0 Å². The molecule has 0 spiro atoms. The van der Waals surface area contributed by atoms with Crippen molar-refractivity contribution in [2.45, 2.75) is 26.2 Å². The zero-order valence-electron chi connectivity index (χ0n) is 10.4. The van der Waals surface area contributed by atoms with E-state index in [0.717, 1.165) is 19.5 Å². The van der Waals surface area contributed by atoms with Crippen LogP contribution in [0.1, 0.15) is 26.2 Å². The molecule has 0 unspecified atom stereocenters. The van der Waals surface area contributed by atoms with Crippen molar-refractivity contribution in [1.29, 1.82) is 0 Å². The van der Waals surface area contributed by atoms with E-state index in [1.165, 1.54) is 7.11 Å². The summed E-state index contributed by atoms with van der Waals surface area (Å²) in [5.74, 6) is -0.131. The van der Waals surface area contributed by atoms with Crippen LogP contribution >= 0.6 is 0 Å². The summed E-state index contributed by atoms with van der Waals surface area (Å²) < 4.78 is 4.58. The molecule has 0 aromatic heterocycles. The van der Waals surface area contributed by atoms with Crippen LogP contribution in [0.25, 0.3) is 0 Å². The topological polar surface area (TPSA) is 58.6 Å². The molecule has 5 nitrogen and oxygen atoms in total. The molecule has 0 aromatic carbocycles. The van der Waals surface area contributed by atoms with Crippen molar-refractivity contribution < 1.29 is 14.3 Å². The van der Waals surface area contributed by atoms with E-state index in [1.807, 2.05) is 6.92 Å². The Balaban J connectivity index is 3.66. The molecule has 0 heterocycles. The van der Waals surface area contributed by atoms with Gasteiger partial charge in [-0.1, -0.05) is 6.92 Å². The summed E-state index contributed by atoms with van der Waals surface area (Å²) >= 11 is 0. The van der Waals surface area contributed by atoms with Gasteiger partial charge in [-0.05, 0) is 19.5 Å². The van der Waals surface area contributed by atoms with Gasteiger partial charge in [-0.3, -0.25) is 9.59 Å². The van der Waals surface area contributed by atoms with Gasteiger partial charge in [0.15, 0.2) is 0 Å². The van der Waals surface area contributed by atoms with Crippen LogP contribution in [0.2, 0.25) is 0 Å². The standard InChI is InChI=1S/C11H22N2O3/c1-4-13(9-7-11(15)16-3)8-5-6-10(14)12-2/h4-9H2,1-3H3,(H,12,14). The number of nitrogens with one attached hydrogen (secondary N) is 1. The molecule has 0 atom stereocenters. The Morgan fingerprint density at radius 3 is 2.44 bits per heavy atom. The maximum Gasteiger partial charge on any atom is 0.306 e. The molecule has 94 valence electrons. The number of hydrogen-bond donors (Lipinski definition) is 1. The summed E-state index contributed by atoms with van der Waals surface area (Å²) in [6.45, 7) is 4.44. The first-order chi connectivity index (χ1) is 7.63. The van der Waals surface area contributed by atoms with Gasteiger partial charge < -0.3 is 15.0 Å². The van der Waals surface area contributed by atoms with Gasteiger partial charge >= 0.3 is 5.97 Å². The van der Waals surface area contributed by atoms with Crippen LogP contribution in [0.5, 0.6) is 0 Å². The molecule has 5 heteroatoms. The molecule has 0 saturated carbocycles. The van der Waals surface area contributed by atoms with Crippen molar-refractivity contribution in [3.63, 3.8) is 0 Å². The summed E-state index contributed by atoms with van der Waals surface area (Å²) in [4.78, 5) is 24.1. The van der Waals surface area contributed by atoms with E-state index in [9.17, 15) is 9.59 Å². The minimum absolute atomic E-state index is 0.0593. The molecule has 0 fully saturated rings. The summed E-state index contributed by atoms with van der Waals surface area (Å²) in [6.07, 6.45) is 1.75. The molecule has 0 aliphatic rings. The smallest absolute Gasteiger partial charge is 0.306 e. The minimum atomic E-state index is -0.190. The third kappa shape index (κ3) is 7.23. The highest BCUT2D eigenvalue weighted by Gasteiger charge is 2.07. The van der Waals surface area contributed by atoms with Crippen molar-refractivity contribution in [2.24, 2.45) is 0 Å². The van der Waals surface area contributed by atoms with Gasteiger partial charge in [0.25, 0.3) is 0 Å². The molecule has 0 saturated heterocycles. The van der Waals surface area contributed by atoms with Gasteiger partial charge in [-0.2, -0.15) is 0 Å². The van der Waals surface area contributed by atoms with E-state index in [1.54, 1.807) is 7.05 Å². The second kappa shape index (κ2) is 9.15. The molecule has 0 bridgehead atoms. The largest absolute Gasteiger partial charge is 0.469 e. The first-order valence-corrected chi connectivity index (χ1v) is 5.63. The maximum atomic E-state index is 11.0. The highest BCUT2D eigenvalue weighted by atomic mass is 16.5. The van der Waals surface area contributed by atoms with E-state index in [2.05, 4.69) is 15.0 Å². The van der Waals surface area contributed by atoms with Crippen LogP contribution < -0.4 is 5.32 Å². The van der Waals surface area contributed by atoms with Crippen LogP contribution in [0.4, 0.5) is 0 Å². The van der Waals surface area contributed by atoms with Crippen molar-refractivity contribution in [1.82, 2.24) is 10.2 Å². The number of amides is 1. The van der Waals surface area contributed by atoms with E-state index < -0.39 is 0 Å². The van der Waals surface area contributed by atoms with Crippen LogP contribution in [-0.4, -0.2) is 50.6 Å². The monoisotopic (exact) mass is 230 g/mol. The second-order valence-corrected chi connectivity index (χ2v) is 3.54. The number of rotatable bonds is 8. The van der Waals surface area contributed by atoms with Crippen LogP contribution in [-0.2, 0) is 14.3 Å². The van der Waals surface area contributed by atoms with Gasteiger partial charge in [0.2, 0.25) is 5.91 Å². The van der Waals surface area contributed by atoms with Gasteiger partial charge in [0.05, 0.1) is 13.5 Å². The molecular weight excluding hydrogens is 208 g/mol. The Kier molecular flexibility index (Phi) is 8.52. The molecule has 1 N–H and O–H groups in total. The molecule has 0 aliphatic heterocycles. The second-order valence-electron chi connectivity index (χ2n) is 3.54. The lowest BCUT2D eigenvalue weighted by Gasteiger charge is -2.19. The summed E-state index contributed by atoms with van der Waals surface area (Å²) in [5, 5.41) is 2.58.